The zero-order valence-electron chi connectivity index (χ0n) is 16.8. The average molecular weight is 475 g/mol. The molecule has 1 fully saturated rings. The molecular weight excluding hydrogens is 455 g/mol. The number of nitrogens with zero attached hydrogens (tertiary/aromatic N) is 1. The molecule has 1 aliphatic rings. The van der Waals surface area contributed by atoms with Gasteiger partial charge in [0.05, 0.1) is 17.9 Å². The molecule has 2 heterocycles. The molecule has 0 saturated carbocycles. The lowest BCUT2D eigenvalue weighted by Gasteiger charge is -2.22. The summed E-state index contributed by atoms with van der Waals surface area (Å²) in [4.78, 5) is 24.3. The first-order valence-corrected chi connectivity index (χ1v) is 11.0. The van der Waals surface area contributed by atoms with Crippen molar-refractivity contribution >= 4 is 27.6 Å². The zero-order chi connectivity index (χ0) is 23.5. The number of esters is 1. The normalized spacial score (nSPS) is 17.2. The second kappa shape index (κ2) is 9.20. The molecule has 1 aliphatic heterocycles. The van der Waals surface area contributed by atoms with Crippen LogP contribution in [0.4, 0.5) is 18.9 Å². The van der Waals surface area contributed by atoms with E-state index in [4.69, 9.17) is 9.15 Å². The Morgan fingerprint density at radius 1 is 1.25 bits per heavy atom. The van der Waals surface area contributed by atoms with Crippen molar-refractivity contribution in [3.8, 4) is 0 Å². The summed E-state index contributed by atoms with van der Waals surface area (Å²) in [6.45, 7) is 1.69. The summed E-state index contributed by atoms with van der Waals surface area (Å²) in [5.74, 6) is -1.87. The fourth-order valence-electron chi connectivity index (χ4n) is 3.17. The van der Waals surface area contributed by atoms with Crippen LogP contribution in [0.1, 0.15) is 35.9 Å². The molecule has 174 valence electrons. The number of hydrazine groups is 1. The highest BCUT2D eigenvalue weighted by Crippen LogP contribution is 2.31. The summed E-state index contributed by atoms with van der Waals surface area (Å²) in [6.07, 6.45) is -3.98. The van der Waals surface area contributed by atoms with E-state index in [1.165, 1.54) is 12.1 Å². The summed E-state index contributed by atoms with van der Waals surface area (Å²) in [5.41, 5.74) is 3.69. The van der Waals surface area contributed by atoms with Crippen molar-refractivity contribution in [3.63, 3.8) is 0 Å². The van der Waals surface area contributed by atoms with Crippen molar-refractivity contribution in [2.75, 3.05) is 18.6 Å². The van der Waals surface area contributed by atoms with Gasteiger partial charge in [-0.3, -0.25) is 15.6 Å². The van der Waals surface area contributed by atoms with Gasteiger partial charge in [-0.25, -0.2) is 13.2 Å². The van der Waals surface area contributed by atoms with Gasteiger partial charge in [0.2, 0.25) is 10.9 Å². The monoisotopic (exact) mass is 475 g/mol. The predicted octanol–water partition coefficient (Wildman–Crippen LogP) is 2.77. The van der Waals surface area contributed by atoms with Gasteiger partial charge in [0.15, 0.2) is 0 Å². The fraction of sp³-hybridized carbons (Fsp3) is 0.368. The summed E-state index contributed by atoms with van der Waals surface area (Å²) in [5, 5.41) is -0.522. The number of rotatable bonds is 7. The molecule has 1 saturated heterocycles. The smallest absolute Gasteiger partial charge is 0.416 e. The molecule has 3 rings (SSSR count). The Bertz CT molecular complexity index is 1100. The van der Waals surface area contributed by atoms with Crippen molar-refractivity contribution in [3.05, 3.63) is 47.7 Å². The van der Waals surface area contributed by atoms with Crippen molar-refractivity contribution in [1.29, 1.82) is 0 Å². The molecule has 2 N–H and O–H groups in total. The maximum absolute atomic E-state index is 12.9. The van der Waals surface area contributed by atoms with Gasteiger partial charge in [-0.15, -0.1) is 0 Å². The number of furan rings is 1. The van der Waals surface area contributed by atoms with Crippen LogP contribution in [-0.4, -0.2) is 43.8 Å². The quantitative estimate of drug-likeness (QED) is 0.467. The van der Waals surface area contributed by atoms with E-state index in [1.54, 1.807) is 6.92 Å². The van der Waals surface area contributed by atoms with Gasteiger partial charge in [0.1, 0.15) is 6.04 Å². The number of alkyl halides is 3. The molecule has 1 unspecified atom stereocenters. The third-order valence-electron chi connectivity index (χ3n) is 4.65. The number of halogens is 3. The van der Waals surface area contributed by atoms with Gasteiger partial charge < -0.3 is 9.15 Å². The predicted molar refractivity (Wildman–Crippen MR) is 105 cm³/mol. The van der Waals surface area contributed by atoms with Crippen LogP contribution in [0, 0.1) is 0 Å². The molecule has 32 heavy (non-hydrogen) atoms. The van der Waals surface area contributed by atoms with Crippen LogP contribution in [0.3, 0.4) is 0 Å². The molecule has 1 aromatic heterocycles. The Balaban J connectivity index is 1.71. The average Bonchev–Trinajstić information content (AvgIpc) is 3.42. The van der Waals surface area contributed by atoms with E-state index < -0.39 is 44.8 Å². The lowest BCUT2D eigenvalue weighted by atomic mass is 10.2. The highest BCUT2D eigenvalue weighted by atomic mass is 32.2. The SMILES string of the molecule is CCOC(=O)c1ccc(S(=O)(=O)N2CCCC2C(=O)NNc2cccc(C(F)(F)F)c2)o1. The number of hydrogen-bond donors (Lipinski definition) is 2. The molecule has 0 spiro atoms. The number of sulfonamides is 1. The summed E-state index contributed by atoms with van der Waals surface area (Å²) in [7, 11) is -4.25. The molecule has 13 heteroatoms. The van der Waals surface area contributed by atoms with E-state index in [1.807, 2.05) is 0 Å². The fourth-order valence-corrected chi connectivity index (χ4v) is 4.74. The maximum Gasteiger partial charge on any atom is 0.416 e. The minimum absolute atomic E-state index is 0.0225. The highest BCUT2D eigenvalue weighted by Gasteiger charge is 2.41. The first kappa shape index (κ1) is 23.6. The number of nitrogens with one attached hydrogen (secondary N) is 2. The topological polar surface area (TPSA) is 118 Å². The molecule has 1 aromatic carbocycles. The molecule has 1 amide bonds. The van der Waals surface area contributed by atoms with Crippen LogP contribution >= 0.6 is 0 Å². The van der Waals surface area contributed by atoms with Gasteiger partial charge >= 0.3 is 12.1 Å². The summed E-state index contributed by atoms with van der Waals surface area (Å²) < 4.78 is 75.1. The van der Waals surface area contributed by atoms with Crippen molar-refractivity contribution in [1.82, 2.24) is 9.73 Å². The number of carbonyl (C=O) groups excluding carboxylic acids is 2. The van der Waals surface area contributed by atoms with Gasteiger partial charge in [0.25, 0.3) is 15.9 Å². The summed E-state index contributed by atoms with van der Waals surface area (Å²) in [6, 6.07) is 5.31. The minimum atomic E-state index is -4.55. The lowest BCUT2D eigenvalue weighted by molar-refractivity contribution is -0.137. The van der Waals surface area contributed by atoms with E-state index in [-0.39, 0.29) is 31.0 Å². The van der Waals surface area contributed by atoms with E-state index >= 15 is 0 Å². The van der Waals surface area contributed by atoms with Crippen LogP contribution < -0.4 is 10.9 Å². The first-order valence-electron chi connectivity index (χ1n) is 9.56. The van der Waals surface area contributed by atoms with Crippen molar-refractivity contribution < 1.29 is 40.3 Å². The van der Waals surface area contributed by atoms with Crippen molar-refractivity contribution in [2.24, 2.45) is 0 Å². The lowest BCUT2D eigenvalue weighted by Crippen LogP contribution is -2.47. The number of benzene rings is 1. The zero-order valence-corrected chi connectivity index (χ0v) is 17.6. The van der Waals surface area contributed by atoms with Crippen LogP contribution in [0.5, 0.6) is 0 Å². The van der Waals surface area contributed by atoms with Crippen LogP contribution in [0.25, 0.3) is 0 Å². The summed E-state index contributed by atoms with van der Waals surface area (Å²) >= 11 is 0. The third-order valence-corrected chi connectivity index (χ3v) is 6.43. The number of hydrogen-bond acceptors (Lipinski definition) is 7. The minimum Gasteiger partial charge on any atom is -0.460 e. The van der Waals surface area contributed by atoms with Gasteiger partial charge in [-0.1, -0.05) is 6.07 Å². The Labute approximate surface area is 181 Å². The molecule has 1 atom stereocenters. The first-order chi connectivity index (χ1) is 15.0. The maximum atomic E-state index is 12.9. The van der Waals surface area contributed by atoms with Crippen molar-refractivity contribution in [2.45, 2.75) is 37.1 Å². The largest absolute Gasteiger partial charge is 0.460 e. The van der Waals surface area contributed by atoms with Gasteiger partial charge in [0, 0.05) is 6.54 Å². The number of ether oxygens (including phenoxy) is 1. The van der Waals surface area contributed by atoms with E-state index in [9.17, 15) is 31.2 Å². The molecule has 0 aliphatic carbocycles. The van der Waals surface area contributed by atoms with E-state index in [0.29, 0.717) is 6.42 Å². The molecule has 2 aromatic rings. The molecule has 9 nitrogen and oxygen atoms in total. The molecule has 0 radical (unpaired) electrons. The Morgan fingerprint density at radius 3 is 2.69 bits per heavy atom. The molecular formula is C19H20F3N3O6S. The van der Waals surface area contributed by atoms with Crippen LogP contribution in [0.15, 0.2) is 45.9 Å². The molecule has 0 bridgehead atoms. The highest BCUT2D eigenvalue weighted by molar-refractivity contribution is 7.89. The Kier molecular flexibility index (Phi) is 6.79. The van der Waals surface area contributed by atoms with Gasteiger partial charge in [-0.2, -0.15) is 17.5 Å². The Morgan fingerprint density at radius 2 is 2.00 bits per heavy atom. The number of anilines is 1. The van der Waals surface area contributed by atoms with Crippen LogP contribution in [-0.2, 0) is 25.7 Å². The second-order valence-electron chi connectivity index (χ2n) is 6.81. The number of amides is 1. The van der Waals surface area contributed by atoms with E-state index in [2.05, 4.69) is 10.9 Å². The third kappa shape index (κ3) is 5.05. The standard InChI is InChI=1S/C19H20F3N3O6S/c1-2-30-18(27)15-8-9-16(31-15)32(28,29)25-10-4-7-14(25)17(26)24-23-13-6-3-5-12(11-13)19(20,21)22/h3,5-6,8-9,11,14,23H,2,4,7,10H2,1H3,(H,24,26). The second-order valence-corrected chi connectivity index (χ2v) is 8.63. The number of carbonyl (C=O) groups is 2. The van der Waals surface area contributed by atoms with Crippen LogP contribution in [0.2, 0.25) is 0 Å². The van der Waals surface area contributed by atoms with E-state index in [0.717, 1.165) is 28.6 Å². The Hall–Kier alpha value is -3.06. The van der Waals surface area contributed by atoms with Gasteiger partial charge in [-0.05, 0) is 50.1 Å².